The van der Waals surface area contributed by atoms with E-state index in [0.717, 1.165) is 0 Å². The van der Waals surface area contributed by atoms with Gasteiger partial charge in [0.05, 0.1) is 0 Å². The molecule has 3 nitrogen and oxygen atoms in total. The lowest BCUT2D eigenvalue weighted by Crippen LogP contribution is -2.38. The van der Waals surface area contributed by atoms with Gasteiger partial charge in [-0.05, 0) is 20.8 Å². The third-order valence-corrected chi connectivity index (χ3v) is 0.747. The maximum absolute atomic E-state index is 10.8. The van der Waals surface area contributed by atoms with Crippen LogP contribution in [0.3, 0.4) is 0 Å². The van der Waals surface area contributed by atoms with Crippen LogP contribution in [0.4, 0.5) is 4.79 Å². The van der Waals surface area contributed by atoms with Crippen LogP contribution in [0.25, 0.3) is 0 Å². The van der Waals surface area contributed by atoms with E-state index in [1.807, 2.05) is 13.8 Å². The lowest BCUT2D eigenvalue weighted by atomic mass is 10.4. The predicted octanol–water partition coefficient (Wildman–Crippen LogP) is 1.23. The molecule has 0 saturated heterocycles. The minimum absolute atomic E-state index is 0.166. The van der Waals surface area contributed by atoms with Gasteiger partial charge in [-0.3, -0.25) is 0 Å². The molecule has 0 atom stereocenters. The van der Waals surface area contributed by atoms with E-state index in [0.29, 0.717) is 5.70 Å². The van der Waals surface area contributed by atoms with Crippen LogP contribution in [-0.2, 0) is 0 Å². The molecule has 0 unspecified atom stereocenters. The maximum Gasteiger partial charge on any atom is 0.319 e. The first kappa shape index (κ1) is 9.01. The van der Waals surface area contributed by atoms with Crippen LogP contribution < -0.4 is 10.6 Å². The number of amides is 2. The molecular formula is C7H14N2O. The highest BCUT2D eigenvalue weighted by atomic mass is 16.2. The van der Waals surface area contributed by atoms with Crippen LogP contribution in [0, 0.1) is 0 Å². The largest absolute Gasteiger partial charge is 0.336 e. The molecule has 3 heteroatoms. The first-order valence-corrected chi connectivity index (χ1v) is 3.25. The summed E-state index contributed by atoms with van der Waals surface area (Å²) < 4.78 is 0. The van der Waals surface area contributed by atoms with Crippen molar-refractivity contribution in [3.05, 3.63) is 12.3 Å². The number of rotatable bonds is 2. The second-order valence-corrected chi connectivity index (χ2v) is 2.53. The number of hydrogen-bond acceptors (Lipinski definition) is 1. The average Bonchev–Trinajstić information content (AvgIpc) is 1.58. The molecule has 2 amide bonds. The maximum atomic E-state index is 10.8. The van der Waals surface area contributed by atoms with Crippen molar-refractivity contribution in [3.63, 3.8) is 0 Å². The van der Waals surface area contributed by atoms with E-state index in [2.05, 4.69) is 17.2 Å². The topological polar surface area (TPSA) is 41.1 Å². The minimum atomic E-state index is -0.192. The second-order valence-electron chi connectivity index (χ2n) is 2.53. The zero-order valence-corrected chi connectivity index (χ0v) is 6.69. The minimum Gasteiger partial charge on any atom is -0.336 e. The van der Waals surface area contributed by atoms with Crippen LogP contribution in [0.1, 0.15) is 20.8 Å². The van der Waals surface area contributed by atoms with Crippen molar-refractivity contribution in [2.24, 2.45) is 0 Å². The van der Waals surface area contributed by atoms with Crippen molar-refractivity contribution in [2.75, 3.05) is 0 Å². The van der Waals surface area contributed by atoms with Gasteiger partial charge >= 0.3 is 6.03 Å². The van der Waals surface area contributed by atoms with E-state index in [4.69, 9.17) is 0 Å². The van der Waals surface area contributed by atoms with Crippen LogP contribution in [-0.4, -0.2) is 12.1 Å². The fourth-order valence-corrected chi connectivity index (χ4v) is 0.492. The molecule has 0 spiro atoms. The zero-order chi connectivity index (χ0) is 8.15. The number of nitrogens with one attached hydrogen (secondary N) is 2. The van der Waals surface area contributed by atoms with E-state index >= 15 is 0 Å². The highest BCUT2D eigenvalue weighted by Gasteiger charge is 1.99. The Labute approximate surface area is 61.5 Å². The Bertz CT molecular complexity index is 141. The van der Waals surface area contributed by atoms with Crippen molar-refractivity contribution in [3.8, 4) is 0 Å². The van der Waals surface area contributed by atoms with Crippen LogP contribution in [0.5, 0.6) is 0 Å². The third-order valence-electron chi connectivity index (χ3n) is 0.747. The summed E-state index contributed by atoms with van der Waals surface area (Å²) in [7, 11) is 0. The molecule has 0 saturated carbocycles. The highest BCUT2D eigenvalue weighted by molar-refractivity contribution is 5.75. The molecule has 10 heavy (non-hydrogen) atoms. The molecular weight excluding hydrogens is 128 g/mol. The van der Waals surface area contributed by atoms with Crippen molar-refractivity contribution in [2.45, 2.75) is 26.8 Å². The first-order valence-electron chi connectivity index (χ1n) is 3.25. The van der Waals surface area contributed by atoms with E-state index in [9.17, 15) is 4.79 Å². The van der Waals surface area contributed by atoms with Crippen molar-refractivity contribution in [1.29, 1.82) is 0 Å². The van der Waals surface area contributed by atoms with Gasteiger partial charge in [0, 0.05) is 11.7 Å². The number of carbonyl (C=O) groups is 1. The van der Waals surface area contributed by atoms with E-state index < -0.39 is 0 Å². The van der Waals surface area contributed by atoms with Gasteiger partial charge < -0.3 is 10.6 Å². The molecule has 0 aromatic carbocycles. The Morgan fingerprint density at radius 2 is 2.00 bits per heavy atom. The summed E-state index contributed by atoms with van der Waals surface area (Å²) in [6.45, 7) is 9.07. The van der Waals surface area contributed by atoms with Gasteiger partial charge in [-0.25, -0.2) is 4.79 Å². The molecule has 58 valence electrons. The van der Waals surface area contributed by atoms with Crippen LogP contribution >= 0.6 is 0 Å². The van der Waals surface area contributed by atoms with Gasteiger partial charge in [0.15, 0.2) is 0 Å². The quantitative estimate of drug-likeness (QED) is 0.598. The number of hydrogen-bond donors (Lipinski definition) is 2. The fraction of sp³-hybridized carbons (Fsp3) is 0.571. The van der Waals surface area contributed by atoms with Gasteiger partial charge in [0.25, 0.3) is 0 Å². The fourth-order valence-electron chi connectivity index (χ4n) is 0.492. The normalized spacial score (nSPS) is 9.20. The molecule has 0 heterocycles. The van der Waals surface area contributed by atoms with Gasteiger partial charge in [-0.1, -0.05) is 6.58 Å². The van der Waals surface area contributed by atoms with Crippen molar-refractivity contribution < 1.29 is 4.79 Å². The lowest BCUT2D eigenvalue weighted by molar-refractivity contribution is 0.241. The molecule has 0 aliphatic carbocycles. The van der Waals surface area contributed by atoms with E-state index in [-0.39, 0.29) is 12.1 Å². The molecule has 0 radical (unpaired) electrons. The number of urea groups is 1. The Morgan fingerprint density at radius 1 is 1.50 bits per heavy atom. The van der Waals surface area contributed by atoms with Gasteiger partial charge in [-0.2, -0.15) is 0 Å². The summed E-state index contributed by atoms with van der Waals surface area (Å²) in [5.41, 5.74) is 0.651. The molecule has 0 aliphatic heterocycles. The summed E-state index contributed by atoms with van der Waals surface area (Å²) in [5.74, 6) is 0. The van der Waals surface area contributed by atoms with Crippen LogP contribution in [0.15, 0.2) is 12.3 Å². The second kappa shape index (κ2) is 3.93. The summed E-state index contributed by atoms with van der Waals surface area (Å²) in [6.07, 6.45) is 0. The SMILES string of the molecule is C=C(C)NC(=O)NC(C)C. The zero-order valence-electron chi connectivity index (χ0n) is 6.69. The summed E-state index contributed by atoms with van der Waals surface area (Å²) >= 11 is 0. The highest BCUT2D eigenvalue weighted by Crippen LogP contribution is 1.80. The summed E-state index contributed by atoms with van der Waals surface area (Å²) in [6, 6.07) is -0.0261. The number of allylic oxidation sites excluding steroid dienone is 1. The first-order chi connectivity index (χ1) is 4.52. The average molecular weight is 142 g/mol. The molecule has 0 aliphatic rings. The van der Waals surface area contributed by atoms with Gasteiger partial charge in [0.2, 0.25) is 0 Å². The smallest absolute Gasteiger partial charge is 0.319 e. The predicted molar refractivity (Wildman–Crippen MR) is 41.6 cm³/mol. The molecule has 0 rings (SSSR count). The van der Waals surface area contributed by atoms with Crippen molar-refractivity contribution >= 4 is 6.03 Å². The molecule has 2 N–H and O–H groups in total. The molecule has 0 bridgehead atoms. The molecule has 0 aromatic heterocycles. The molecule has 0 fully saturated rings. The standard InChI is InChI=1S/C7H14N2O/c1-5(2)8-7(10)9-6(3)4/h6H,1H2,2-4H3,(H2,8,9,10). The monoisotopic (exact) mass is 142 g/mol. The Balaban J connectivity index is 3.54. The molecule has 0 aromatic rings. The number of carbonyl (C=O) groups excluding carboxylic acids is 1. The summed E-state index contributed by atoms with van der Waals surface area (Å²) in [5, 5.41) is 5.19. The lowest BCUT2D eigenvalue weighted by Gasteiger charge is -2.08. The Hall–Kier alpha value is -0.990. The van der Waals surface area contributed by atoms with E-state index in [1.165, 1.54) is 0 Å². The Kier molecular flexibility index (Phi) is 3.54. The van der Waals surface area contributed by atoms with Gasteiger partial charge in [-0.15, -0.1) is 0 Å². The third kappa shape index (κ3) is 5.15. The van der Waals surface area contributed by atoms with Crippen LogP contribution in [0.2, 0.25) is 0 Å². The van der Waals surface area contributed by atoms with E-state index in [1.54, 1.807) is 6.92 Å². The summed E-state index contributed by atoms with van der Waals surface area (Å²) in [4.78, 5) is 10.8. The van der Waals surface area contributed by atoms with Gasteiger partial charge in [0.1, 0.15) is 0 Å². The van der Waals surface area contributed by atoms with Crippen molar-refractivity contribution in [1.82, 2.24) is 10.6 Å². The Morgan fingerprint density at radius 3 is 2.30 bits per heavy atom.